The number of benzene rings is 1. The molecule has 0 amide bonds. The molecule has 1 aromatic carbocycles. The number of hydrogen-bond acceptors (Lipinski definition) is 4. The molecule has 1 rings (SSSR count). The number of aromatic hydroxyl groups is 1. The highest BCUT2D eigenvalue weighted by molar-refractivity contribution is 5.45. The Morgan fingerprint density at radius 3 is 2.00 bits per heavy atom. The Bertz CT molecular complexity index is 458. The van der Waals surface area contributed by atoms with Crippen molar-refractivity contribution in [1.82, 2.24) is 4.90 Å². The van der Waals surface area contributed by atoms with E-state index in [0.717, 1.165) is 24.2 Å². The molecule has 0 saturated heterocycles. The van der Waals surface area contributed by atoms with Crippen LogP contribution in [0.1, 0.15) is 50.3 Å². The number of phenolic OH excluding ortho intramolecular Hbond substituents is 1. The summed E-state index contributed by atoms with van der Waals surface area (Å²) < 4.78 is 0. The summed E-state index contributed by atoms with van der Waals surface area (Å²) in [6.07, 6.45) is 1.40. The molecule has 4 nitrogen and oxygen atoms in total. The van der Waals surface area contributed by atoms with E-state index in [2.05, 4.69) is 31.7 Å². The number of aryl methyl sites for hydroxylation is 1. The first kappa shape index (κ1) is 18.9. The number of aliphatic hydroxyl groups is 2. The molecule has 4 heteroatoms. The van der Waals surface area contributed by atoms with Gasteiger partial charge in [-0.2, -0.15) is 0 Å². The van der Waals surface area contributed by atoms with Crippen LogP contribution in [0.5, 0.6) is 5.75 Å². The molecule has 0 atom stereocenters. The molecule has 126 valence electrons. The molecule has 0 fully saturated rings. The van der Waals surface area contributed by atoms with Gasteiger partial charge in [-0.15, -0.1) is 0 Å². The minimum atomic E-state index is 0.0359. The lowest BCUT2D eigenvalue weighted by Gasteiger charge is -2.25. The quantitative estimate of drug-likeness (QED) is 0.690. The third kappa shape index (κ3) is 5.59. The molecule has 0 bridgehead atoms. The fraction of sp³-hybridized carbons (Fsp3) is 0.667. The van der Waals surface area contributed by atoms with Crippen LogP contribution >= 0.6 is 0 Å². The molecule has 0 spiro atoms. The van der Waals surface area contributed by atoms with Gasteiger partial charge in [-0.25, -0.2) is 0 Å². The maximum absolute atomic E-state index is 10.4. The van der Waals surface area contributed by atoms with Crippen molar-refractivity contribution >= 4 is 0 Å². The normalized spacial score (nSPS) is 12.1. The smallest absolute Gasteiger partial charge is 0.122 e. The molecule has 0 aliphatic rings. The van der Waals surface area contributed by atoms with Crippen molar-refractivity contribution in [3.8, 4) is 5.75 Å². The average Bonchev–Trinajstić information content (AvgIpc) is 2.45. The van der Waals surface area contributed by atoms with E-state index in [9.17, 15) is 5.11 Å². The molecule has 22 heavy (non-hydrogen) atoms. The monoisotopic (exact) mass is 309 g/mol. The highest BCUT2D eigenvalue weighted by Crippen LogP contribution is 2.31. The first-order chi connectivity index (χ1) is 10.3. The van der Waals surface area contributed by atoms with Crippen LogP contribution in [-0.2, 0) is 12.0 Å². The van der Waals surface area contributed by atoms with E-state index in [1.165, 1.54) is 5.56 Å². The second-order valence-corrected chi connectivity index (χ2v) is 6.98. The summed E-state index contributed by atoms with van der Waals surface area (Å²) in [6.45, 7) is 10.9. The number of hydrogen-bond donors (Lipinski definition) is 3. The molecule has 0 aliphatic carbocycles. The predicted molar refractivity (Wildman–Crippen MR) is 90.2 cm³/mol. The molecule has 0 radical (unpaired) electrons. The maximum atomic E-state index is 10.4. The SMILES string of the molecule is Cc1cc(C(C)(C)C)cc(CN(CCCO)CCCO)c1O. The number of nitrogens with zero attached hydrogens (tertiary/aromatic N) is 1. The highest BCUT2D eigenvalue weighted by Gasteiger charge is 2.18. The van der Waals surface area contributed by atoms with Gasteiger partial charge in [0.15, 0.2) is 0 Å². The van der Waals surface area contributed by atoms with Crippen molar-refractivity contribution in [2.75, 3.05) is 26.3 Å². The van der Waals surface area contributed by atoms with Crippen molar-refractivity contribution in [1.29, 1.82) is 0 Å². The minimum absolute atomic E-state index is 0.0359. The van der Waals surface area contributed by atoms with Crippen LogP contribution in [0.15, 0.2) is 12.1 Å². The summed E-state index contributed by atoms with van der Waals surface area (Å²) >= 11 is 0. The molecule has 0 aliphatic heterocycles. The van der Waals surface area contributed by atoms with Crippen molar-refractivity contribution in [2.24, 2.45) is 0 Å². The lowest BCUT2D eigenvalue weighted by Crippen LogP contribution is -2.27. The Labute approximate surface area is 134 Å². The number of aliphatic hydroxyl groups excluding tert-OH is 2. The minimum Gasteiger partial charge on any atom is -0.507 e. The summed E-state index contributed by atoms with van der Waals surface area (Å²) in [5, 5.41) is 28.4. The third-order valence-corrected chi connectivity index (χ3v) is 3.90. The Morgan fingerprint density at radius 1 is 1.00 bits per heavy atom. The summed E-state index contributed by atoms with van der Waals surface area (Å²) in [5.74, 6) is 0.353. The van der Waals surface area contributed by atoms with Crippen molar-refractivity contribution < 1.29 is 15.3 Å². The second kappa shape index (κ2) is 8.51. The lowest BCUT2D eigenvalue weighted by atomic mass is 9.85. The van der Waals surface area contributed by atoms with Gasteiger partial charge >= 0.3 is 0 Å². The van der Waals surface area contributed by atoms with E-state index in [1.54, 1.807) is 0 Å². The van der Waals surface area contributed by atoms with Gasteiger partial charge in [-0.1, -0.05) is 32.9 Å². The fourth-order valence-corrected chi connectivity index (χ4v) is 2.51. The summed E-state index contributed by atoms with van der Waals surface area (Å²) in [5.41, 5.74) is 3.06. The van der Waals surface area contributed by atoms with Crippen LogP contribution in [0.25, 0.3) is 0 Å². The first-order valence-corrected chi connectivity index (χ1v) is 8.06. The van der Waals surface area contributed by atoms with E-state index >= 15 is 0 Å². The van der Waals surface area contributed by atoms with Gasteiger partial charge in [0.1, 0.15) is 5.75 Å². The number of phenols is 1. The molecule has 0 heterocycles. The molecule has 0 unspecified atom stereocenters. The molecular weight excluding hydrogens is 278 g/mol. The van der Waals surface area contributed by atoms with Gasteiger partial charge in [0.05, 0.1) is 0 Å². The average molecular weight is 309 g/mol. The van der Waals surface area contributed by atoms with E-state index < -0.39 is 0 Å². The largest absolute Gasteiger partial charge is 0.507 e. The zero-order valence-corrected chi connectivity index (χ0v) is 14.4. The molecule has 0 aromatic heterocycles. The molecule has 1 aromatic rings. The summed E-state index contributed by atoms with van der Waals surface area (Å²) in [6, 6.07) is 4.12. The van der Waals surface area contributed by atoms with Crippen LogP contribution < -0.4 is 0 Å². The lowest BCUT2D eigenvalue weighted by molar-refractivity contribution is 0.195. The van der Waals surface area contributed by atoms with Crippen molar-refractivity contribution in [2.45, 2.75) is 52.5 Å². The zero-order valence-electron chi connectivity index (χ0n) is 14.4. The topological polar surface area (TPSA) is 63.9 Å². The summed E-state index contributed by atoms with van der Waals surface area (Å²) in [7, 11) is 0. The van der Waals surface area contributed by atoms with Crippen LogP contribution in [0.3, 0.4) is 0 Å². The van der Waals surface area contributed by atoms with Crippen LogP contribution in [-0.4, -0.2) is 46.5 Å². The second-order valence-electron chi connectivity index (χ2n) is 6.98. The van der Waals surface area contributed by atoms with Gasteiger partial charge in [-0.05, 0) is 36.3 Å². The highest BCUT2D eigenvalue weighted by atomic mass is 16.3. The zero-order chi connectivity index (χ0) is 16.8. The van der Waals surface area contributed by atoms with E-state index in [0.29, 0.717) is 25.1 Å². The first-order valence-electron chi connectivity index (χ1n) is 8.06. The third-order valence-electron chi connectivity index (χ3n) is 3.90. The van der Waals surface area contributed by atoms with E-state index in [4.69, 9.17) is 10.2 Å². The van der Waals surface area contributed by atoms with E-state index in [1.807, 2.05) is 13.0 Å². The van der Waals surface area contributed by atoms with Crippen LogP contribution in [0, 0.1) is 6.92 Å². The maximum Gasteiger partial charge on any atom is 0.122 e. The van der Waals surface area contributed by atoms with E-state index in [-0.39, 0.29) is 18.6 Å². The van der Waals surface area contributed by atoms with Gasteiger partial charge < -0.3 is 15.3 Å². The Hall–Kier alpha value is -1.10. The van der Waals surface area contributed by atoms with Crippen LogP contribution in [0.2, 0.25) is 0 Å². The van der Waals surface area contributed by atoms with Gasteiger partial charge in [0, 0.05) is 38.4 Å². The Morgan fingerprint density at radius 2 is 1.55 bits per heavy atom. The molecule has 3 N–H and O–H groups in total. The Balaban J connectivity index is 2.99. The van der Waals surface area contributed by atoms with Gasteiger partial charge in [-0.3, -0.25) is 4.90 Å². The van der Waals surface area contributed by atoms with Crippen molar-refractivity contribution in [3.63, 3.8) is 0 Å². The Kier molecular flexibility index (Phi) is 7.33. The molecular formula is C18H31NO3. The van der Waals surface area contributed by atoms with Crippen molar-refractivity contribution in [3.05, 3.63) is 28.8 Å². The predicted octanol–water partition coefficient (Wildman–Crippen LogP) is 2.56. The summed E-state index contributed by atoms with van der Waals surface area (Å²) in [4.78, 5) is 2.17. The van der Waals surface area contributed by atoms with Crippen LogP contribution in [0.4, 0.5) is 0 Å². The van der Waals surface area contributed by atoms with Gasteiger partial charge in [0.25, 0.3) is 0 Å². The molecule has 0 saturated carbocycles. The standard InChI is InChI=1S/C18H31NO3/c1-14-11-16(18(2,3)4)12-15(17(14)22)13-19(7-5-9-20)8-6-10-21/h11-12,20-22H,5-10,13H2,1-4H3. The number of rotatable bonds is 8. The fourth-order valence-electron chi connectivity index (χ4n) is 2.51. The van der Waals surface area contributed by atoms with Gasteiger partial charge in [0.2, 0.25) is 0 Å².